The fourth-order valence-corrected chi connectivity index (χ4v) is 3.89. The molecule has 0 aliphatic heterocycles. The van der Waals surface area contributed by atoms with Crippen molar-refractivity contribution in [2.75, 3.05) is 22.4 Å². The number of carbonyl (C=O) groups is 2. The van der Waals surface area contributed by atoms with Gasteiger partial charge in [-0.1, -0.05) is 36.8 Å². The van der Waals surface area contributed by atoms with E-state index in [2.05, 4.69) is 10.6 Å². The Hall–Kier alpha value is -2.87. The van der Waals surface area contributed by atoms with E-state index in [4.69, 9.17) is 0 Å². The molecule has 0 aliphatic carbocycles. The minimum absolute atomic E-state index is 0.00787. The van der Waals surface area contributed by atoms with E-state index >= 15 is 0 Å². The summed E-state index contributed by atoms with van der Waals surface area (Å²) in [7, 11) is -3.69. The molecule has 0 saturated carbocycles. The van der Waals surface area contributed by atoms with Gasteiger partial charge < -0.3 is 10.6 Å². The van der Waals surface area contributed by atoms with Crippen LogP contribution < -0.4 is 14.9 Å². The van der Waals surface area contributed by atoms with Gasteiger partial charge in [-0.3, -0.25) is 13.9 Å². The van der Waals surface area contributed by atoms with Crippen molar-refractivity contribution in [1.29, 1.82) is 0 Å². The molecule has 162 valence electrons. The van der Waals surface area contributed by atoms with Gasteiger partial charge in [0.1, 0.15) is 6.54 Å². The first-order valence-electron chi connectivity index (χ1n) is 9.77. The molecule has 2 rings (SSSR count). The van der Waals surface area contributed by atoms with E-state index in [1.807, 2.05) is 26.8 Å². The predicted molar refractivity (Wildman–Crippen MR) is 120 cm³/mol. The van der Waals surface area contributed by atoms with E-state index in [1.165, 1.54) is 0 Å². The largest absolute Gasteiger partial charge is 0.350 e. The number of nitrogens with one attached hydrogen (secondary N) is 2. The summed E-state index contributed by atoms with van der Waals surface area (Å²) in [6.45, 7) is 7.17. The van der Waals surface area contributed by atoms with Gasteiger partial charge >= 0.3 is 0 Å². The predicted octanol–water partition coefficient (Wildman–Crippen LogP) is 3.24. The zero-order chi connectivity index (χ0) is 22.5. The van der Waals surface area contributed by atoms with Gasteiger partial charge in [-0.2, -0.15) is 0 Å². The molecule has 7 nitrogen and oxygen atoms in total. The minimum atomic E-state index is -3.69. The van der Waals surface area contributed by atoms with Crippen molar-refractivity contribution in [2.24, 2.45) is 0 Å². The van der Waals surface area contributed by atoms with Gasteiger partial charge in [0.2, 0.25) is 15.9 Å². The fourth-order valence-electron chi connectivity index (χ4n) is 2.98. The average molecular weight is 432 g/mol. The van der Waals surface area contributed by atoms with Crippen LogP contribution >= 0.6 is 0 Å². The second kappa shape index (κ2) is 9.75. The van der Waals surface area contributed by atoms with E-state index in [0.717, 1.165) is 28.1 Å². The first-order chi connectivity index (χ1) is 14.0. The van der Waals surface area contributed by atoms with E-state index in [1.54, 1.807) is 43.3 Å². The summed E-state index contributed by atoms with van der Waals surface area (Å²) in [5.74, 6) is -0.834. The number of hydrogen-bond acceptors (Lipinski definition) is 4. The molecule has 1 atom stereocenters. The minimum Gasteiger partial charge on any atom is -0.350 e. The molecule has 0 aromatic heterocycles. The maximum absolute atomic E-state index is 12.7. The summed E-state index contributed by atoms with van der Waals surface area (Å²) in [6.07, 6.45) is 1.84. The van der Waals surface area contributed by atoms with Gasteiger partial charge in [0.05, 0.1) is 23.2 Å². The zero-order valence-corrected chi connectivity index (χ0v) is 18.8. The van der Waals surface area contributed by atoms with Crippen molar-refractivity contribution in [3.63, 3.8) is 0 Å². The van der Waals surface area contributed by atoms with Crippen LogP contribution in [0.2, 0.25) is 0 Å². The monoisotopic (exact) mass is 431 g/mol. The number of sulfonamides is 1. The molecule has 0 bridgehead atoms. The van der Waals surface area contributed by atoms with Crippen LogP contribution in [0, 0.1) is 13.8 Å². The van der Waals surface area contributed by atoms with E-state index in [9.17, 15) is 18.0 Å². The summed E-state index contributed by atoms with van der Waals surface area (Å²) in [6, 6.07) is 12.0. The summed E-state index contributed by atoms with van der Waals surface area (Å²) < 4.78 is 25.8. The normalized spacial score (nSPS) is 12.2. The number of benzene rings is 2. The molecule has 8 heteroatoms. The van der Waals surface area contributed by atoms with Crippen LogP contribution in [0.3, 0.4) is 0 Å². The number of nitrogens with zero attached hydrogens (tertiary/aromatic N) is 1. The molecule has 2 N–H and O–H groups in total. The Bertz CT molecular complexity index is 1030. The van der Waals surface area contributed by atoms with Crippen molar-refractivity contribution in [3.05, 3.63) is 59.2 Å². The first-order valence-corrected chi connectivity index (χ1v) is 11.6. The van der Waals surface area contributed by atoms with Crippen molar-refractivity contribution in [1.82, 2.24) is 5.32 Å². The summed E-state index contributed by atoms with van der Waals surface area (Å²) in [5.41, 5.74) is 2.85. The van der Waals surface area contributed by atoms with Crippen LogP contribution in [0.1, 0.15) is 41.8 Å². The molecule has 0 aliphatic rings. The second-order valence-corrected chi connectivity index (χ2v) is 9.34. The number of para-hydroxylation sites is 1. The van der Waals surface area contributed by atoms with Crippen molar-refractivity contribution < 1.29 is 18.0 Å². The van der Waals surface area contributed by atoms with Crippen LogP contribution in [0.4, 0.5) is 11.4 Å². The molecule has 2 aromatic carbocycles. The van der Waals surface area contributed by atoms with Gasteiger partial charge in [0, 0.05) is 6.04 Å². The number of amides is 2. The Morgan fingerprint density at radius 2 is 1.77 bits per heavy atom. The smallest absolute Gasteiger partial charge is 0.253 e. The highest BCUT2D eigenvalue weighted by Gasteiger charge is 2.23. The highest BCUT2D eigenvalue weighted by molar-refractivity contribution is 7.92. The number of rotatable bonds is 8. The molecular weight excluding hydrogens is 402 g/mol. The lowest BCUT2D eigenvalue weighted by atomic mass is 10.1. The van der Waals surface area contributed by atoms with Crippen LogP contribution in [0.25, 0.3) is 0 Å². The zero-order valence-electron chi connectivity index (χ0n) is 18.0. The molecule has 30 heavy (non-hydrogen) atoms. The fraction of sp³-hybridized carbons (Fsp3) is 0.364. The van der Waals surface area contributed by atoms with Crippen molar-refractivity contribution in [2.45, 2.75) is 40.2 Å². The molecule has 2 aromatic rings. The lowest BCUT2D eigenvalue weighted by Gasteiger charge is -2.24. The van der Waals surface area contributed by atoms with Gasteiger partial charge in [0.25, 0.3) is 5.91 Å². The molecule has 0 radical (unpaired) electrons. The van der Waals surface area contributed by atoms with E-state index < -0.39 is 22.5 Å². The molecule has 0 heterocycles. The number of hydrogen-bond donors (Lipinski definition) is 2. The summed E-state index contributed by atoms with van der Waals surface area (Å²) >= 11 is 0. The number of anilines is 2. The lowest BCUT2D eigenvalue weighted by Crippen LogP contribution is -2.38. The third kappa shape index (κ3) is 6.06. The summed E-state index contributed by atoms with van der Waals surface area (Å²) in [4.78, 5) is 25.3. The van der Waals surface area contributed by atoms with Crippen LogP contribution in [0.15, 0.2) is 42.5 Å². The van der Waals surface area contributed by atoms with Crippen molar-refractivity contribution >= 4 is 33.2 Å². The molecule has 2 amide bonds. The molecule has 0 unspecified atom stereocenters. The SMILES string of the molecule is CC[C@@H](C)NC(=O)c1ccccc1NC(=O)CN(c1ccc(C)cc1C)S(C)(=O)=O. The number of carbonyl (C=O) groups excluding carboxylic acids is 2. The van der Waals surface area contributed by atoms with Gasteiger partial charge in [-0.15, -0.1) is 0 Å². The average Bonchev–Trinajstić information content (AvgIpc) is 2.66. The highest BCUT2D eigenvalue weighted by Crippen LogP contribution is 2.24. The number of aryl methyl sites for hydroxylation is 2. The van der Waals surface area contributed by atoms with Gasteiger partial charge in [-0.05, 0) is 51.0 Å². The quantitative estimate of drug-likeness (QED) is 0.671. The molecule has 0 fully saturated rings. The highest BCUT2D eigenvalue weighted by atomic mass is 32.2. The van der Waals surface area contributed by atoms with Gasteiger partial charge in [-0.25, -0.2) is 8.42 Å². The Morgan fingerprint density at radius 1 is 1.10 bits per heavy atom. The molecular formula is C22H29N3O4S. The van der Waals surface area contributed by atoms with Crippen LogP contribution in [-0.4, -0.2) is 39.1 Å². The topological polar surface area (TPSA) is 95.6 Å². The second-order valence-electron chi connectivity index (χ2n) is 7.44. The van der Waals surface area contributed by atoms with E-state index in [0.29, 0.717) is 16.9 Å². The molecule has 0 spiro atoms. The Morgan fingerprint density at radius 3 is 2.37 bits per heavy atom. The van der Waals surface area contributed by atoms with E-state index in [-0.39, 0.29) is 11.9 Å². The first kappa shape index (κ1) is 23.4. The van der Waals surface area contributed by atoms with Crippen LogP contribution in [-0.2, 0) is 14.8 Å². The summed E-state index contributed by atoms with van der Waals surface area (Å²) in [5, 5.41) is 5.55. The maximum Gasteiger partial charge on any atom is 0.253 e. The maximum atomic E-state index is 12.7. The standard InChI is InChI=1S/C22H29N3O4S/c1-6-17(4)23-22(27)18-9-7-8-10-19(18)24-21(26)14-25(30(5,28)29)20-12-11-15(2)13-16(20)3/h7-13,17H,6,14H2,1-5H3,(H,23,27)(H,24,26)/t17-/m1/s1. The third-order valence-electron chi connectivity index (χ3n) is 4.74. The lowest BCUT2D eigenvalue weighted by molar-refractivity contribution is -0.114. The molecule has 0 saturated heterocycles. The Labute approximate surface area is 178 Å². The van der Waals surface area contributed by atoms with Gasteiger partial charge in [0.15, 0.2) is 0 Å². The van der Waals surface area contributed by atoms with Crippen LogP contribution in [0.5, 0.6) is 0 Å². The Kier molecular flexibility index (Phi) is 7.61. The third-order valence-corrected chi connectivity index (χ3v) is 5.87. The Balaban J connectivity index is 2.26. The van der Waals surface area contributed by atoms with Crippen molar-refractivity contribution in [3.8, 4) is 0 Å².